The number of benzene rings is 1. The van der Waals surface area contributed by atoms with E-state index < -0.39 is 31.0 Å². The fraction of sp³-hybridized carbons (Fsp3) is 0.417. The summed E-state index contributed by atoms with van der Waals surface area (Å²) < 4.78 is 51.7. The highest BCUT2D eigenvalue weighted by atomic mass is 19.3. The molecule has 0 bridgehead atoms. The number of nitrogens with one attached hydrogen (secondary N) is 1. The summed E-state index contributed by atoms with van der Waals surface area (Å²) in [6.45, 7) is -2.42. The monoisotopic (exact) mass is 276 g/mol. The van der Waals surface area contributed by atoms with E-state index in [2.05, 4.69) is 5.32 Å². The lowest BCUT2D eigenvalue weighted by Gasteiger charge is -2.15. The van der Waals surface area contributed by atoms with Crippen molar-refractivity contribution in [3.8, 4) is 0 Å². The zero-order valence-electron chi connectivity index (χ0n) is 9.88. The third-order valence-electron chi connectivity index (χ3n) is 2.89. The largest absolute Gasteiger partial charge is 0.334 e. The summed E-state index contributed by atoms with van der Waals surface area (Å²) in [6, 6.07) is 7.83. The van der Waals surface area contributed by atoms with E-state index in [0.29, 0.717) is 4.90 Å². The Balaban J connectivity index is 1.92. The molecule has 1 aliphatic heterocycles. The third-order valence-corrected chi connectivity index (χ3v) is 2.89. The van der Waals surface area contributed by atoms with Crippen molar-refractivity contribution in [2.45, 2.75) is 18.4 Å². The fourth-order valence-corrected chi connectivity index (χ4v) is 1.80. The number of alkyl halides is 4. The first-order valence-corrected chi connectivity index (χ1v) is 5.64. The van der Waals surface area contributed by atoms with Crippen LogP contribution in [0.5, 0.6) is 0 Å². The Morgan fingerprint density at radius 3 is 2.16 bits per heavy atom. The summed E-state index contributed by atoms with van der Waals surface area (Å²) in [5.41, 5.74) is 0.758. The van der Waals surface area contributed by atoms with Crippen LogP contribution in [-0.2, 0) is 6.54 Å². The Morgan fingerprint density at radius 2 is 1.63 bits per heavy atom. The molecule has 0 saturated carbocycles. The number of nitrogens with zero attached hydrogens (tertiary/aromatic N) is 1. The Bertz CT molecular complexity index is 448. The predicted octanol–water partition coefficient (Wildman–Crippen LogP) is 2.48. The van der Waals surface area contributed by atoms with Gasteiger partial charge in [-0.1, -0.05) is 30.3 Å². The Kier molecular flexibility index (Phi) is 3.38. The molecule has 0 aliphatic carbocycles. The minimum Gasteiger partial charge on any atom is -0.334 e. The summed E-state index contributed by atoms with van der Waals surface area (Å²) in [6.07, 6.45) is 0. The number of carbonyl (C=O) groups excluding carboxylic acids is 1. The van der Waals surface area contributed by atoms with Gasteiger partial charge in [0, 0.05) is 6.54 Å². The first-order valence-electron chi connectivity index (χ1n) is 5.64. The zero-order chi connectivity index (χ0) is 14.1. The van der Waals surface area contributed by atoms with Gasteiger partial charge in [0.1, 0.15) is 0 Å². The molecule has 19 heavy (non-hydrogen) atoms. The minimum absolute atomic E-state index is 0.104. The molecule has 1 aromatic carbocycles. The molecule has 7 heteroatoms. The lowest BCUT2D eigenvalue weighted by Crippen LogP contribution is -2.39. The summed E-state index contributed by atoms with van der Waals surface area (Å²) in [5.74, 6) is -8.34. The highest BCUT2D eigenvalue weighted by Gasteiger charge is 2.63. The Morgan fingerprint density at radius 1 is 1.11 bits per heavy atom. The number of hydrogen-bond acceptors (Lipinski definition) is 1. The van der Waals surface area contributed by atoms with Crippen LogP contribution in [0.25, 0.3) is 0 Å². The first kappa shape index (κ1) is 13.6. The molecule has 0 unspecified atom stereocenters. The van der Waals surface area contributed by atoms with Gasteiger partial charge in [0.2, 0.25) is 0 Å². The summed E-state index contributed by atoms with van der Waals surface area (Å²) >= 11 is 0. The van der Waals surface area contributed by atoms with Gasteiger partial charge < -0.3 is 10.2 Å². The normalized spacial score (nSPS) is 20.3. The van der Waals surface area contributed by atoms with Crippen molar-refractivity contribution >= 4 is 6.03 Å². The molecule has 1 aromatic rings. The molecule has 1 N–H and O–H groups in total. The third kappa shape index (κ3) is 2.80. The maximum Gasteiger partial charge on any atom is 0.329 e. The van der Waals surface area contributed by atoms with Gasteiger partial charge in [-0.15, -0.1) is 0 Å². The molecular formula is C12H12F4N2O. The molecule has 2 rings (SSSR count). The van der Waals surface area contributed by atoms with Crippen molar-refractivity contribution in [1.82, 2.24) is 10.2 Å². The molecular weight excluding hydrogens is 264 g/mol. The van der Waals surface area contributed by atoms with Crippen LogP contribution < -0.4 is 5.32 Å². The van der Waals surface area contributed by atoms with E-state index in [1.54, 1.807) is 30.3 Å². The molecule has 3 nitrogen and oxygen atoms in total. The smallest absolute Gasteiger partial charge is 0.329 e. The van der Waals surface area contributed by atoms with Crippen LogP contribution in [0.1, 0.15) is 5.56 Å². The molecule has 1 heterocycles. The van der Waals surface area contributed by atoms with Crippen molar-refractivity contribution in [3.05, 3.63) is 35.9 Å². The maximum absolute atomic E-state index is 12.9. The summed E-state index contributed by atoms with van der Waals surface area (Å²) in [5, 5.41) is 2.34. The number of likely N-dealkylation sites (tertiary alicyclic amines) is 1. The van der Waals surface area contributed by atoms with Gasteiger partial charge >= 0.3 is 17.9 Å². The first-order chi connectivity index (χ1) is 8.82. The van der Waals surface area contributed by atoms with Crippen LogP contribution in [0.4, 0.5) is 22.4 Å². The minimum atomic E-state index is -4.17. The molecule has 104 valence electrons. The molecule has 0 spiro atoms. The number of amides is 2. The summed E-state index contributed by atoms with van der Waals surface area (Å²) in [7, 11) is 0. The van der Waals surface area contributed by atoms with Gasteiger partial charge in [-0.25, -0.2) is 4.79 Å². The van der Waals surface area contributed by atoms with E-state index in [9.17, 15) is 22.4 Å². The molecule has 0 atom stereocenters. The second kappa shape index (κ2) is 4.71. The standard InChI is InChI=1S/C12H12F4N2O/c13-11(14)7-18(8-12(11,15)16)10(19)17-6-9-4-2-1-3-5-9/h1-5H,6-8H2,(H,17,19). The van der Waals surface area contributed by atoms with Gasteiger partial charge in [0.15, 0.2) is 0 Å². The van der Waals surface area contributed by atoms with Gasteiger partial charge in [0.05, 0.1) is 13.1 Å². The number of hydrogen-bond donors (Lipinski definition) is 1. The average molecular weight is 276 g/mol. The SMILES string of the molecule is O=C(NCc1ccccc1)N1CC(F)(F)C(F)(F)C1. The van der Waals surface area contributed by atoms with Crippen LogP contribution in [0.3, 0.4) is 0 Å². The molecule has 0 radical (unpaired) electrons. The number of halogens is 4. The van der Waals surface area contributed by atoms with Gasteiger partial charge in [-0.2, -0.15) is 17.6 Å². The van der Waals surface area contributed by atoms with E-state index in [1.807, 2.05) is 0 Å². The van der Waals surface area contributed by atoms with Crippen molar-refractivity contribution in [3.63, 3.8) is 0 Å². The van der Waals surface area contributed by atoms with Crippen LogP contribution in [-0.4, -0.2) is 35.9 Å². The van der Waals surface area contributed by atoms with E-state index in [0.717, 1.165) is 5.56 Å². The van der Waals surface area contributed by atoms with Crippen LogP contribution >= 0.6 is 0 Å². The Labute approximate surface area is 107 Å². The van der Waals surface area contributed by atoms with Crippen molar-refractivity contribution in [2.75, 3.05) is 13.1 Å². The second-order valence-corrected chi connectivity index (χ2v) is 4.41. The summed E-state index contributed by atoms with van der Waals surface area (Å²) in [4.78, 5) is 12.0. The fourth-order valence-electron chi connectivity index (χ4n) is 1.80. The van der Waals surface area contributed by atoms with Crippen molar-refractivity contribution in [1.29, 1.82) is 0 Å². The lowest BCUT2D eigenvalue weighted by molar-refractivity contribution is -0.172. The molecule has 1 fully saturated rings. The molecule has 1 aliphatic rings. The quantitative estimate of drug-likeness (QED) is 0.827. The van der Waals surface area contributed by atoms with Crippen molar-refractivity contribution < 1.29 is 22.4 Å². The number of rotatable bonds is 2. The Hall–Kier alpha value is -1.79. The predicted molar refractivity (Wildman–Crippen MR) is 60.1 cm³/mol. The zero-order valence-corrected chi connectivity index (χ0v) is 9.88. The van der Waals surface area contributed by atoms with Gasteiger partial charge in [-0.05, 0) is 5.56 Å². The van der Waals surface area contributed by atoms with Crippen LogP contribution in [0.2, 0.25) is 0 Å². The van der Waals surface area contributed by atoms with Crippen molar-refractivity contribution in [2.24, 2.45) is 0 Å². The number of carbonyl (C=O) groups is 1. The van der Waals surface area contributed by atoms with Crippen LogP contribution in [0.15, 0.2) is 30.3 Å². The average Bonchev–Trinajstić information content (AvgIpc) is 2.57. The van der Waals surface area contributed by atoms with Gasteiger partial charge in [0.25, 0.3) is 0 Å². The highest BCUT2D eigenvalue weighted by molar-refractivity contribution is 5.74. The lowest BCUT2D eigenvalue weighted by atomic mass is 10.2. The number of urea groups is 1. The molecule has 2 amide bonds. The second-order valence-electron chi connectivity index (χ2n) is 4.41. The van der Waals surface area contributed by atoms with Crippen LogP contribution in [0, 0.1) is 0 Å². The van der Waals surface area contributed by atoms with E-state index in [1.165, 1.54) is 0 Å². The highest BCUT2D eigenvalue weighted by Crippen LogP contribution is 2.40. The van der Waals surface area contributed by atoms with Gasteiger partial charge in [-0.3, -0.25) is 0 Å². The van der Waals surface area contributed by atoms with E-state index in [4.69, 9.17) is 0 Å². The molecule has 0 aromatic heterocycles. The maximum atomic E-state index is 12.9. The van der Waals surface area contributed by atoms with E-state index >= 15 is 0 Å². The van der Waals surface area contributed by atoms with E-state index in [-0.39, 0.29) is 6.54 Å². The molecule has 1 saturated heterocycles. The topological polar surface area (TPSA) is 32.3 Å².